The molecule has 0 bridgehead atoms. The number of phenolic OH excluding ortho intramolecular Hbond substituents is 1. The number of H-pyrrole nitrogens is 1. The summed E-state index contributed by atoms with van der Waals surface area (Å²) in [6, 6.07) is 16.4. The monoisotopic (exact) mass is 503 g/mol. The zero-order chi connectivity index (χ0) is 21.4. The van der Waals surface area contributed by atoms with Crippen molar-refractivity contribution >= 4 is 56.0 Å². The molecule has 0 spiro atoms. The van der Waals surface area contributed by atoms with E-state index in [0.717, 1.165) is 11.1 Å². The van der Waals surface area contributed by atoms with Crippen LogP contribution in [0.15, 0.2) is 59.1 Å². The van der Waals surface area contributed by atoms with Crippen LogP contribution in [0.3, 0.4) is 0 Å². The molecule has 0 saturated heterocycles. The Labute approximate surface area is 191 Å². The third-order valence-corrected chi connectivity index (χ3v) is 6.42. The number of rotatable bonds is 5. The number of phenols is 1. The van der Waals surface area contributed by atoms with Crippen LogP contribution in [0.1, 0.15) is 32.7 Å². The molecule has 30 heavy (non-hydrogen) atoms. The smallest absolute Gasteiger partial charge is 0.352 e. The molecular weight excluding hydrogens is 489 g/mol. The highest BCUT2D eigenvalue weighted by molar-refractivity contribution is 9.10. The number of halogens is 3. The summed E-state index contributed by atoms with van der Waals surface area (Å²) in [5.74, 6) is -1.02. The molecule has 0 saturated carbocycles. The predicted molar refractivity (Wildman–Crippen MR) is 123 cm³/mol. The Morgan fingerprint density at radius 2 is 1.47 bits per heavy atom. The molecule has 4 rings (SSSR count). The van der Waals surface area contributed by atoms with E-state index < -0.39 is 5.97 Å². The molecule has 0 fully saturated rings. The molecule has 7 heteroatoms. The van der Waals surface area contributed by atoms with Gasteiger partial charge in [-0.1, -0.05) is 59.6 Å². The van der Waals surface area contributed by atoms with Crippen LogP contribution in [0.4, 0.5) is 0 Å². The van der Waals surface area contributed by atoms with E-state index >= 15 is 0 Å². The number of hydrogen-bond acceptors (Lipinski definition) is 2. The van der Waals surface area contributed by atoms with Gasteiger partial charge in [-0.15, -0.1) is 0 Å². The minimum atomic E-state index is -1.08. The summed E-state index contributed by atoms with van der Waals surface area (Å²) < 4.78 is 0.472. The average Bonchev–Trinajstić information content (AvgIpc) is 3.06. The molecule has 0 radical (unpaired) electrons. The summed E-state index contributed by atoms with van der Waals surface area (Å²) in [7, 11) is 0. The van der Waals surface area contributed by atoms with Gasteiger partial charge in [0.15, 0.2) is 0 Å². The average molecular weight is 505 g/mol. The molecule has 3 aromatic carbocycles. The Bertz CT molecular complexity index is 1280. The molecule has 1 heterocycles. The summed E-state index contributed by atoms with van der Waals surface area (Å²) in [6.07, 6.45) is 0.645. The van der Waals surface area contributed by atoms with Crippen molar-refractivity contribution in [2.75, 3.05) is 0 Å². The fourth-order valence-corrected chi connectivity index (χ4v) is 4.54. The van der Waals surface area contributed by atoms with E-state index in [0.29, 0.717) is 49.4 Å². The lowest BCUT2D eigenvalue weighted by Gasteiger charge is -2.13. The van der Waals surface area contributed by atoms with Crippen LogP contribution in [0, 0.1) is 0 Å². The van der Waals surface area contributed by atoms with E-state index in [-0.39, 0.29) is 11.4 Å². The van der Waals surface area contributed by atoms with Gasteiger partial charge >= 0.3 is 5.97 Å². The standard InChI is InChI=1S/C23H16BrCl2NO3/c24-16-11-19-20(15(22(16)28)10-13-6-2-4-8-18(13)26)14(21(27-19)23(29)30)9-12-5-1-3-7-17(12)25/h1-8,11,27-28H,9-10H2,(H,29,30). The van der Waals surface area contributed by atoms with Crippen molar-refractivity contribution in [1.29, 1.82) is 0 Å². The number of hydrogen-bond donors (Lipinski definition) is 3. The minimum absolute atomic E-state index is 0.0544. The summed E-state index contributed by atoms with van der Waals surface area (Å²) in [4.78, 5) is 15.0. The van der Waals surface area contributed by atoms with Gasteiger partial charge < -0.3 is 15.2 Å². The molecule has 0 atom stereocenters. The Morgan fingerprint density at radius 1 is 0.933 bits per heavy atom. The topological polar surface area (TPSA) is 73.3 Å². The maximum Gasteiger partial charge on any atom is 0.352 e. The van der Waals surface area contributed by atoms with Gasteiger partial charge in [0, 0.05) is 39.4 Å². The Hall–Kier alpha value is -2.47. The number of aromatic amines is 1. The van der Waals surface area contributed by atoms with Gasteiger partial charge in [0.25, 0.3) is 0 Å². The highest BCUT2D eigenvalue weighted by atomic mass is 79.9. The Morgan fingerprint density at radius 3 is 2.00 bits per heavy atom. The second kappa shape index (κ2) is 8.34. The first-order valence-corrected chi connectivity index (χ1v) is 10.7. The fraction of sp³-hybridized carbons (Fsp3) is 0.0870. The first kappa shape index (κ1) is 20.8. The molecule has 4 nitrogen and oxygen atoms in total. The third-order valence-electron chi connectivity index (χ3n) is 5.08. The normalized spacial score (nSPS) is 11.2. The van der Waals surface area contributed by atoms with Crippen molar-refractivity contribution in [3.8, 4) is 5.75 Å². The molecule has 0 aliphatic rings. The third kappa shape index (κ3) is 3.81. The molecule has 0 aliphatic carbocycles. The van der Waals surface area contributed by atoms with Crippen LogP contribution in [-0.4, -0.2) is 21.2 Å². The first-order chi connectivity index (χ1) is 14.4. The van der Waals surface area contributed by atoms with E-state index in [1.54, 1.807) is 18.2 Å². The van der Waals surface area contributed by atoms with Crippen molar-refractivity contribution < 1.29 is 15.0 Å². The number of benzene rings is 3. The zero-order valence-corrected chi connectivity index (χ0v) is 18.6. The molecule has 0 aliphatic heterocycles. The number of nitrogens with one attached hydrogen (secondary N) is 1. The molecule has 0 amide bonds. The molecule has 1 aromatic heterocycles. The van der Waals surface area contributed by atoms with Crippen LogP contribution in [0.5, 0.6) is 5.75 Å². The van der Waals surface area contributed by atoms with Gasteiger partial charge in [-0.05, 0) is 50.8 Å². The van der Waals surface area contributed by atoms with Gasteiger partial charge in [-0.2, -0.15) is 0 Å². The number of aromatic hydroxyl groups is 1. The summed E-state index contributed by atoms with van der Waals surface area (Å²) in [5.41, 5.74) is 3.47. The van der Waals surface area contributed by atoms with E-state index in [4.69, 9.17) is 23.2 Å². The van der Waals surface area contributed by atoms with E-state index in [2.05, 4.69) is 20.9 Å². The Balaban J connectivity index is 1.98. The molecule has 4 aromatic rings. The molecule has 0 unspecified atom stereocenters. The number of fused-ring (bicyclic) bond motifs is 1. The number of carboxylic acid groups (broad SMARTS) is 1. The maximum atomic E-state index is 12.0. The first-order valence-electron chi connectivity index (χ1n) is 9.11. The van der Waals surface area contributed by atoms with Crippen LogP contribution >= 0.6 is 39.1 Å². The lowest BCUT2D eigenvalue weighted by Crippen LogP contribution is -2.03. The number of carboxylic acids is 1. The summed E-state index contributed by atoms with van der Waals surface area (Å²) in [6.45, 7) is 0. The number of carbonyl (C=O) groups is 1. The van der Waals surface area contributed by atoms with Gasteiger partial charge in [0.2, 0.25) is 0 Å². The quantitative estimate of drug-likeness (QED) is 0.279. The van der Waals surface area contributed by atoms with Crippen molar-refractivity contribution in [3.05, 3.63) is 97.1 Å². The second-order valence-corrected chi connectivity index (χ2v) is 8.60. The second-order valence-electron chi connectivity index (χ2n) is 6.93. The van der Waals surface area contributed by atoms with Crippen molar-refractivity contribution in [1.82, 2.24) is 4.98 Å². The largest absolute Gasteiger partial charge is 0.506 e. The van der Waals surface area contributed by atoms with E-state index in [1.165, 1.54) is 0 Å². The van der Waals surface area contributed by atoms with Crippen LogP contribution in [0.2, 0.25) is 10.0 Å². The number of aromatic carboxylic acids is 1. The van der Waals surface area contributed by atoms with Gasteiger partial charge in [0.05, 0.1) is 4.47 Å². The van der Waals surface area contributed by atoms with Gasteiger partial charge in [-0.3, -0.25) is 0 Å². The molecule has 152 valence electrons. The minimum Gasteiger partial charge on any atom is -0.506 e. The van der Waals surface area contributed by atoms with Gasteiger partial charge in [0.1, 0.15) is 11.4 Å². The van der Waals surface area contributed by atoms with Crippen molar-refractivity contribution in [2.24, 2.45) is 0 Å². The fourth-order valence-electron chi connectivity index (χ4n) is 3.67. The van der Waals surface area contributed by atoms with Gasteiger partial charge in [-0.25, -0.2) is 4.79 Å². The Kier molecular flexibility index (Phi) is 5.78. The van der Waals surface area contributed by atoms with Crippen molar-refractivity contribution in [2.45, 2.75) is 12.8 Å². The number of aromatic nitrogens is 1. The summed E-state index contributed by atoms with van der Waals surface area (Å²) >= 11 is 16.1. The van der Waals surface area contributed by atoms with Crippen molar-refractivity contribution in [3.63, 3.8) is 0 Å². The lowest BCUT2D eigenvalue weighted by atomic mass is 9.94. The zero-order valence-electron chi connectivity index (χ0n) is 15.5. The van der Waals surface area contributed by atoms with E-state index in [1.807, 2.05) is 36.4 Å². The highest BCUT2D eigenvalue weighted by Crippen LogP contribution is 2.40. The molecule has 3 N–H and O–H groups in total. The lowest BCUT2D eigenvalue weighted by molar-refractivity contribution is 0.0690. The maximum absolute atomic E-state index is 12.0. The van der Waals surface area contributed by atoms with Crippen LogP contribution in [0.25, 0.3) is 10.9 Å². The predicted octanol–water partition coefficient (Wildman–Crippen LogP) is 6.82. The van der Waals surface area contributed by atoms with Crippen LogP contribution in [-0.2, 0) is 12.8 Å². The summed E-state index contributed by atoms with van der Waals surface area (Å²) in [5, 5.41) is 22.5. The van der Waals surface area contributed by atoms with Crippen LogP contribution < -0.4 is 0 Å². The SMILES string of the molecule is O=C(O)c1[nH]c2cc(Br)c(O)c(Cc3ccccc3Cl)c2c1Cc1ccccc1Cl. The molecular formula is C23H16BrCl2NO3. The highest BCUT2D eigenvalue weighted by Gasteiger charge is 2.24. The van der Waals surface area contributed by atoms with E-state index in [9.17, 15) is 15.0 Å².